The van der Waals surface area contributed by atoms with Gasteiger partial charge in [0.05, 0.1) is 6.54 Å². The number of halogens is 1. The summed E-state index contributed by atoms with van der Waals surface area (Å²) < 4.78 is 15.3. The number of aromatic nitrogens is 3. The number of hydrogen-bond acceptors (Lipinski definition) is 5. The number of anilines is 1. The molecule has 0 spiro atoms. The minimum atomic E-state index is -0.347. The molecule has 0 bridgehead atoms. The number of carbonyl (C=O) groups is 2. The first-order chi connectivity index (χ1) is 16.4. The summed E-state index contributed by atoms with van der Waals surface area (Å²) in [5.41, 5.74) is 2.66. The van der Waals surface area contributed by atoms with Crippen LogP contribution >= 0.6 is 12.2 Å². The summed E-state index contributed by atoms with van der Waals surface area (Å²) >= 11 is 5.37. The van der Waals surface area contributed by atoms with E-state index in [9.17, 15) is 14.0 Å². The zero-order chi connectivity index (χ0) is 24.1. The van der Waals surface area contributed by atoms with Crippen molar-refractivity contribution in [1.29, 1.82) is 0 Å². The first-order valence-corrected chi connectivity index (χ1v) is 11.6. The van der Waals surface area contributed by atoms with E-state index in [1.54, 1.807) is 0 Å². The highest BCUT2D eigenvalue weighted by Crippen LogP contribution is 2.18. The Morgan fingerprint density at radius 1 is 1.06 bits per heavy atom. The number of benzene rings is 2. The van der Waals surface area contributed by atoms with Gasteiger partial charge >= 0.3 is 0 Å². The molecule has 1 fully saturated rings. The second kappa shape index (κ2) is 10.7. The molecule has 0 radical (unpaired) electrons. The van der Waals surface area contributed by atoms with Crippen molar-refractivity contribution in [2.45, 2.75) is 19.9 Å². The fraction of sp³-hybridized carbons (Fsp3) is 0.333. The van der Waals surface area contributed by atoms with Crippen molar-refractivity contribution in [3.8, 4) is 11.4 Å². The topological polar surface area (TPSA) is 86.3 Å². The minimum Gasteiger partial charge on any atom is -0.340 e. The van der Waals surface area contributed by atoms with Gasteiger partial charge in [-0.1, -0.05) is 29.8 Å². The van der Waals surface area contributed by atoms with E-state index in [4.69, 9.17) is 12.2 Å². The first-order valence-electron chi connectivity index (χ1n) is 11.2. The molecule has 2 aromatic carbocycles. The summed E-state index contributed by atoms with van der Waals surface area (Å²) in [4.78, 5) is 28.9. The average molecular weight is 483 g/mol. The van der Waals surface area contributed by atoms with Gasteiger partial charge in [-0.05, 0) is 43.4 Å². The quantitative estimate of drug-likeness (QED) is 0.505. The van der Waals surface area contributed by atoms with Crippen LogP contribution in [-0.4, -0.2) is 69.1 Å². The molecule has 2 N–H and O–H groups in total. The zero-order valence-electron chi connectivity index (χ0n) is 19.0. The molecule has 8 nitrogen and oxygen atoms in total. The molecule has 34 heavy (non-hydrogen) atoms. The molecule has 1 aliphatic rings. The number of aryl methyl sites for hydroxylation is 1. The van der Waals surface area contributed by atoms with Crippen LogP contribution in [0.2, 0.25) is 0 Å². The van der Waals surface area contributed by atoms with E-state index < -0.39 is 0 Å². The molecule has 2 amide bonds. The summed E-state index contributed by atoms with van der Waals surface area (Å²) in [7, 11) is 0. The van der Waals surface area contributed by atoms with Crippen molar-refractivity contribution in [3.05, 3.63) is 64.7 Å². The van der Waals surface area contributed by atoms with E-state index in [2.05, 4.69) is 15.5 Å². The number of nitrogens with zero attached hydrogens (tertiary/aromatic N) is 4. The summed E-state index contributed by atoms with van der Waals surface area (Å²) in [6.07, 6.45) is 0.317. The van der Waals surface area contributed by atoms with Crippen molar-refractivity contribution in [1.82, 2.24) is 24.6 Å². The third kappa shape index (κ3) is 5.95. The van der Waals surface area contributed by atoms with E-state index in [1.807, 2.05) is 45.6 Å². The Hall–Kier alpha value is -3.37. The lowest BCUT2D eigenvalue weighted by molar-refractivity contribution is -0.133. The molecule has 10 heteroatoms. The molecular formula is C24H27FN6O2S. The van der Waals surface area contributed by atoms with Crippen molar-refractivity contribution >= 4 is 29.7 Å². The molecule has 1 saturated heterocycles. The number of H-pyrrole nitrogens is 1. The Kier molecular flexibility index (Phi) is 7.49. The highest BCUT2D eigenvalue weighted by molar-refractivity contribution is 7.71. The predicted octanol–water partition coefficient (Wildman–Crippen LogP) is 3.23. The fourth-order valence-corrected chi connectivity index (χ4v) is 4.13. The molecule has 1 aromatic heterocycles. The SMILES string of the molecule is Cc1ccc(-c2n[nH]c(=S)n2CCC(=O)N2CCN(CC(=O)Nc3ccc(F)cc3)CC2)cc1. The lowest BCUT2D eigenvalue weighted by Gasteiger charge is -2.34. The highest BCUT2D eigenvalue weighted by Gasteiger charge is 2.23. The van der Waals surface area contributed by atoms with Crippen molar-refractivity contribution in [3.63, 3.8) is 0 Å². The molecule has 0 aliphatic carbocycles. The summed E-state index contributed by atoms with van der Waals surface area (Å²) in [5, 5.41) is 9.93. The van der Waals surface area contributed by atoms with Crippen LogP contribution in [0.3, 0.4) is 0 Å². The van der Waals surface area contributed by atoms with Crippen LogP contribution in [0.25, 0.3) is 11.4 Å². The van der Waals surface area contributed by atoms with Crippen molar-refractivity contribution in [2.24, 2.45) is 0 Å². The highest BCUT2D eigenvalue weighted by atomic mass is 32.1. The van der Waals surface area contributed by atoms with Crippen LogP contribution in [0.5, 0.6) is 0 Å². The van der Waals surface area contributed by atoms with Gasteiger partial charge in [0.2, 0.25) is 11.8 Å². The van der Waals surface area contributed by atoms with Crippen LogP contribution in [0.1, 0.15) is 12.0 Å². The molecule has 178 valence electrons. The smallest absolute Gasteiger partial charge is 0.238 e. The Balaban J connectivity index is 1.25. The van der Waals surface area contributed by atoms with Gasteiger partial charge in [-0.2, -0.15) is 5.10 Å². The van der Waals surface area contributed by atoms with Gasteiger partial charge in [-0.3, -0.25) is 24.2 Å². The maximum absolute atomic E-state index is 13.0. The number of piperazine rings is 1. The lowest BCUT2D eigenvalue weighted by atomic mass is 10.1. The van der Waals surface area contributed by atoms with Crippen LogP contribution in [-0.2, 0) is 16.1 Å². The Morgan fingerprint density at radius 3 is 2.41 bits per heavy atom. The third-order valence-corrected chi connectivity index (χ3v) is 6.15. The van der Waals surface area contributed by atoms with Crippen LogP contribution in [0.15, 0.2) is 48.5 Å². The minimum absolute atomic E-state index is 0.0494. The van der Waals surface area contributed by atoms with E-state index in [0.29, 0.717) is 49.6 Å². The van der Waals surface area contributed by atoms with Gasteiger partial charge in [0, 0.05) is 50.4 Å². The summed E-state index contributed by atoms with van der Waals surface area (Å²) in [5.74, 6) is 0.257. The van der Waals surface area contributed by atoms with Gasteiger partial charge in [0.25, 0.3) is 0 Å². The summed E-state index contributed by atoms with van der Waals surface area (Å²) in [6.45, 7) is 5.04. The zero-order valence-corrected chi connectivity index (χ0v) is 19.8. The maximum Gasteiger partial charge on any atom is 0.238 e. The van der Waals surface area contributed by atoms with E-state index >= 15 is 0 Å². The number of nitrogens with one attached hydrogen (secondary N) is 2. The van der Waals surface area contributed by atoms with Crippen LogP contribution < -0.4 is 5.32 Å². The molecule has 0 unspecified atom stereocenters. The number of aromatic amines is 1. The fourth-order valence-electron chi connectivity index (χ4n) is 3.91. The van der Waals surface area contributed by atoms with Crippen LogP contribution in [0.4, 0.5) is 10.1 Å². The Bertz CT molecular complexity index is 1200. The summed E-state index contributed by atoms with van der Waals surface area (Å²) in [6, 6.07) is 13.7. The molecule has 0 saturated carbocycles. The molecule has 2 heterocycles. The number of carbonyl (C=O) groups excluding carboxylic acids is 2. The van der Waals surface area contributed by atoms with Crippen LogP contribution in [0, 0.1) is 17.5 Å². The third-order valence-electron chi connectivity index (χ3n) is 5.84. The first kappa shape index (κ1) is 23.8. The standard InChI is InChI=1S/C24H27FN6O2S/c1-17-2-4-18(5-3-17)23-27-28-24(34)31(23)11-10-22(33)30-14-12-29(13-15-30)16-21(32)26-20-8-6-19(25)7-9-20/h2-9H,10-16H2,1H3,(H,26,32)(H,28,34). The van der Waals surface area contributed by atoms with E-state index in [-0.39, 0.29) is 24.2 Å². The second-order valence-electron chi connectivity index (χ2n) is 8.33. The van der Waals surface area contributed by atoms with E-state index in [1.165, 1.54) is 24.3 Å². The normalized spacial score (nSPS) is 14.2. The maximum atomic E-state index is 13.0. The predicted molar refractivity (Wildman–Crippen MR) is 130 cm³/mol. The monoisotopic (exact) mass is 482 g/mol. The van der Waals surface area contributed by atoms with Gasteiger partial charge in [-0.25, -0.2) is 4.39 Å². The molecule has 0 atom stereocenters. The van der Waals surface area contributed by atoms with Gasteiger partial charge in [0.1, 0.15) is 5.82 Å². The van der Waals surface area contributed by atoms with Crippen molar-refractivity contribution in [2.75, 3.05) is 38.0 Å². The molecule has 3 aromatic rings. The average Bonchev–Trinajstić information content (AvgIpc) is 3.20. The molecular weight excluding hydrogens is 455 g/mol. The molecule has 4 rings (SSSR count). The number of hydrogen-bond donors (Lipinski definition) is 2. The lowest BCUT2D eigenvalue weighted by Crippen LogP contribution is -2.50. The second-order valence-corrected chi connectivity index (χ2v) is 8.72. The van der Waals surface area contributed by atoms with Crippen molar-refractivity contribution < 1.29 is 14.0 Å². The van der Waals surface area contributed by atoms with Gasteiger partial charge in [-0.15, -0.1) is 0 Å². The van der Waals surface area contributed by atoms with Gasteiger partial charge < -0.3 is 10.2 Å². The van der Waals surface area contributed by atoms with Gasteiger partial charge in [0.15, 0.2) is 10.6 Å². The molecule has 1 aliphatic heterocycles. The van der Waals surface area contributed by atoms with E-state index in [0.717, 1.165) is 17.0 Å². The largest absolute Gasteiger partial charge is 0.340 e. The number of amides is 2. The number of rotatable bonds is 7. The Morgan fingerprint density at radius 2 is 1.74 bits per heavy atom. The Labute approximate surface area is 202 Å².